The second kappa shape index (κ2) is 11.3. The summed E-state index contributed by atoms with van der Waals surface area (Å²) in [5.74, 6) is -1.35. The van der Waals surface area contributed by atoms with Gasteiger partial charge in [0.1, 0.15) is 17.0 Å². The van der Waals surface area contributed by atoms with Gasteiger partial charge in [0.05, 0.1) is 5.69 Å². The molecule has 11 nitrogen and oxygen atoms in total. The van der Waals surface area contributed by atoms with E-state index >= 15 is 0 Å². The van der Waals surface area contributed by atoms with E-state index in [2.05, 4.69) is 22.3 Å². The first-order chi connectivity index (χ1) is 16.5. The van der Waals surface area contributed by atoms with Gasteiger partial charge in [0.15, 0.2) is 5.96 Å². The zero-order valence-electron chi connectivity index (χ0n) is 20.2. The molecule has 0 spiro atoms. The SMILES string of the molecule is CC1CNc2c(cccc2S(=O)(=O)NC(CCCNC(=N)N)C(=O)N2CCC(C)C[C@@H]2C(=O)O)C1. The van der Waals surface area contributed by atoms with Crippen LogP contribution in [0.15, 0.2) is 23.1 Å². The van der Waals surface area contributed by atoms with E-state index in [0.29, 0.717) is 37.4 Å². The van der Waals surface area contributed by atoms with Gasteiger partial charge in [-0.1, -0.05) is 26.0 Å². The van der Waals surface area contributed by atoms with E-state index in [1.54, 1.807) is 6.07 Å². The average molecular weight is 509 g/mol. The Morgan fingerprint density at radius 1 is 1.31 bits per heavy atom. The number of sulfonamides is 1. The number of anilines is 1. The van der Waals surface area contributed by atoms with Crippen molar-refractivity contribution in [2.24, 2.45) is 17.6 Å². The van der Waals surface area contributed by atoms with E-state index in [9.17, 15) is 23.1 Å². The molecular formula is C23H36N6O5S. The molecule has 35 heavy (non-hydrogen) atoms. The Balaban J connectivity index is 1.87. The van der Waals surface area contributed by atoms with Gasteiger partial charge in [0.25, 0.3) is 0 Å². The molecule has 3 unspecified atom stereocenters. The van der Waals surface area contributed by atoms with Crippen LogP contribution in [0.1, 0.15) is 45.1 Å². The maximum atomic E-state index is 13.5. The molecular weight excluding hydrogens is 472 g/mol. The highest BCUT2D eigenvalue weighted by atomic mass is 32.2. The summed E-state index contributed by atoms with van der Waals surface area (Å²) in [5, 5.41) is 22.8. The molecule has 2 heterocycles. The molecule has 0 bridgehead atoms. The number of para-hydroxylation sites is 1. The third-order valence-corrected chi connectivity index (χ3v) is 8.13. The van der Waals surface area contributed by atoms with Crippen molar-refractivity contribution in [3.63, 3.8) is 0 Å². The van der Waals surface area contributed by atoms with Gasteiger partial charge < -0.3 is 26.4 Å². The average Bonchev–Trinajstić information content (AvgIpc) is 2.79. The van der Waals surface area contributed by atoms with Crippen LogP contribution in [0.5, 0.6) is 0 Å². The monoisotopic (exact) mass is 508 g/mol. The molecule has 2 aliphatic heterocycles. The zero-order chi connectivity index (χ0) is 25.8. The molecule has 1 aromatic rings. The number of hydrogen-bond donors (Lipinski definition) is 6. The smallest absolute Gasteiger partial charge is 0.326 e. The molecule has 194 valence electrons. The number of aliphatic carboxylic acids is 1. The van der Waals surface area contributed by atoms with Crippen LogP contribution in [0.4, 0.5) is 5.69 Å². The topological polar surface area (TPSA) is 178 Å². The predicted octanol–water partition coefficient (Wildman–Crippen LogP) is 0.913. The van der Waals surface area contributed by atoms with E-state index in [-0.39, 0.29) is 36.3 Å². The highest BCUT2D eigenvalue weighted by Gasteiger charge is 2.39. The highest BCUT2D eigenvalue weighted by Crippen LogP contribution is 2.31. The van der Waals surface area contributed by atoms with Gasteiger partial charge in [0, 0.05) is 19.6 Å². The number of nitrogens with zero attached hydrogens (tertiary/aromatic N) is 1. The quantitative estimate of drug-likeness (QED) is 0.162. The van der Waals surface area contributed by atoms with Crippen LogP contribution in [-0.4, -0.2) is 68.0 Å². The Kier molecular flexibility index (Phi) is 8.60. The van der Waals surface area contributed by atoms with Gasteiger partial charge in [0.2, 0.25) is 15.9 Å². The lowest BCUT2D eigenvalue weighted by molar-refractivity contribution is -0.153. The second-order valence-electron chi connectivity index (χ2n) is 9.65. The lowest BCUT2D eigenvalue weighted by Gasteiger charge is -2.38. The molecule has 0 radical (unpaired) electrons. The van der Waals surface area contributed by atoms with Crippen molar-refractivity contribution in [1.29, 1.82) is 5.41 Å². The number of likely N-dealkylation sites (tertiary alicyclic amines) is 1. The number of carbonyl (C=O) groups is 2. The molecule has 7 N–H and O–H groups in total. The molecule has 1 saturated heterocycles. The Morgan fingerprint density at radius 3 is 2.74 bits per heavy atom. The molecule has 2 aliphatic rings. The fraction of sp³-hybridized carbons (Fsp3) is 0.609. The van der Waals surface area contributed by atoms with E-state index in [1.165, 1.54) is 11.0 Å². The van der Waals surface area contributed by atoms with Gasteiger partial charge in [-0.2, -0.15) is 4.72 Å². The van der Waals surface area contributed by atoms with Crippen LogP contribution < -0.4 is 21.1 Å². The maximum absolute atomic E-state index is 13.5. The van der Waals surface area contributed by atoms with Crippen LogP contribution in [0.25, 0.3) is 0 Å². The minimum atomic E-state index is -4.10. The van der Waals surface area contributed by atoms with Crippen molar-refractivity contribution in [1.82, 2.24) is 14.9 Å². The molecule has 1 amide bonds. The number of carbonyl (C=O) groups excluding carboxylic acids is 1. The highest BCUT2D eigenvalue weighted by molar-refractivity contribution is 7.89. The minimum absolute atomic E-state index is 0.0728. The van der Waals surface area contributed by atoms with Crippen molar-refractivity contribution in [2.75, 3.05) is 25.0 Å². The maximum Gasteiger partial charge on any atom is 0.326 e. The standard InChI is InChI=1S/C23H36N6O5S/c1-14-8-10-29(18(12-14)22(31)32)21(30)17(6-4-9-26-23(24)25)28-35(33,34)19-7-3-5-16-11-15(2)13-27-20(16)19/h3,5,7,14-15,17-18,27-28H,4,6,8-13H2,1-2H3,(H,31,32)(H4,24,25,26)/t14?,15?,17?,18-/m1/s1. The van der Waals surface area contributed by atoms with Gasteiger partial charge >= 0.3 is 5.97 Å². The molecule has 0 aliphatic carbocycles. The molecule has 1 fully saturated rings. The Labute approximate surface area is 206 Å². The normalized spacial score (nSPS) is 23.0. The molecule has 1 aromatic carbocycles. The van der Waals surface area contributed by atoms with Crippen molar-refractivity contribution < 1.29 is 23.1 Å². The number of nitrogens with one attached hydrogen (secondary N) is 4. The van der Waals surface area contributed by atoms with Crippen LogP contribution in [-0.2, 0) is 26.0 Å². The predicted molar refractivity (Wildman–Crippen MR) is 133 cm³/mol. The van der Waals surface area contributed by atoms with E-state index in [1.807, 2.05) is 13.0 Å². The fourth-order valence-corrected chi connectivity index (χ4v) is 6.20. The minimum Gasteiger partial charge on any atom is -0.480 e. The van der Waals surface area contributed by atoms with Crippen molar-refractivity contribution >= 4 is 33.5 Å². The Hall–Kier alpha value is -2.86. The summed E-state index contributed by atoms with van der Waals surface area (Å²) in [7, 11) is -4.10. The van der Waals surface area contributed by atoms with Crippen LogP contribution >= 0.6 is 0 Å². The van der Waals surface area contributed by atoms with Crippen LogP contribution in [0.3, 0.4) is 0 Å². The van der Waals surface area contributed by atoms with Crippen molar-refractivity contribution in [2.45, 2.75) is 62.9 Å². The summed E-state index contributed by atoms with van der Waals surface area (Å²) in [6, 6.07) is 2.93. The van der Waals surface area contributed by atoms with E-state index in [4.69, 9.17) is 11.1 Å². The molecule has 0 saturated carbocycles. The van der Waals surface area contributed by atoms with Crippen LogP contribution in [0.2, 0.25) is 0 Å². The summed E-state index contributed by atoms with van der Waals surface area (Å²) in [6.45, 7) is 5.20. The van der Waals surface area contributed by atoms with Crippen LogP contribution in [0, 0.1) is 17.2 Å². The summed E-state index contributed by atoms with van der Waals surface area (Å²) in [5.41, 5.74) is 6.75. The third kappa shape index (κ3) is 6.63. The van der Waals surface area contributed by atoms with E-state index in [0.717, 1.165) is 12.0 Å². The number of benzene rings is 1. The Morgan fingerprint density at radius 2 is 2.06 bits per heavy atom. The summed E-state index contributed by atoms with van der Waals surface area (Å²) in [6.07, 6.45) is 2.19. The van der Waals surface area contributed by atoms with Gasteiger partial charge in [-0.05, 0) is 55.6 Å². The number of piperidine rings is 1. The van der Waals surface area contributed by atoms with Crippen molar-refractivity contribution in [3.05, 3.63) is 23.8 Å². The molecule has 4 atom stereocenters. The summed E-state index contributed by atoms with van der Waals surface area (Å²) >= 11 is 0. The first-order valence-corrected chi connectivity index (χ1v) is 13.5. The second-order valence-corrected chi connectivity index (χ2v) is 11.3. The fourth-order valence-electron chi connectivity index (χ4n) is 4.75. The number of amides is 1. The number of rotatable bonds is 9. The zero-order valence-corrected chi connectivity index (χ0v) is 21.0. The summed E-state index contributed by atoms with van der Waals surface area (Å²) in [4.78, 5) is 26.8. The van der Waals surface area contributed by atoms with Gasteiger partial charge in [-0.3, -0.25) is 10.2 Å². The number of carboxylic acids is 1. The number of carboxylic acid groups (broad SMARTS) is 1. The first-order valence-electron chi connectivity index (χ1n) is 12.0. The summed E-state index contributed by atoms with van der Waals surface area (Å²) < 4.78 is 29.5. The molecule has 0 aromatic heterocycles. The number of nitrogens with two attached hydrogens (primary N) is 1. The molecule has 12 heteroatoms. The molecule has 3 rings (SSSR count). The number of guanidine groups is 1. The van der Waals surface area contributed by atoms with Gasteiger partial charge in [-0.15, -0.1) is 0 Å². The number of fused-ring (bicyclic) bond motifs is 1. The number of hydrogen-bond acceptors (Lipinski definition) is 6. The Bertz CT molecular complexity index is 1060. The van der Waals surface area contributed by atoms with Crippen molar-refractivity contribution in [3.8, 4) is 0 Å². The van der Waals surface area contributed by atoms with Gasteiger partial charge in [-0.25, -0.2) is 13.2 Å². The third-order valence-electron chi connectivity index (χ3n) is 6.61. The van der Waals surface area contributed by atoms with E-state index < -0.39 is 34.0 Å². The lowest BCUT2D eigenvalue weighted by atomic mass is 9.91. The first kappa shape index (κ1) is 26.7. The lowest BCUT2D eigenvalue weighted by Crippen LogP contribution is -2.56. The largest absolute Gasteiger partial charge is 0.480 e.